The van der Waals surface area contributed by atoms with Crippen molar-refractivity contribution in [3.8, 4) is 18.1 Å². The van der Waals surface area contributed by atoms with Gasteiger partial charge < -0.3 is 9.64 Å². The molecule has 0 N–H and O–H groups in total. The van der Waals surface area contributed by atoms with Crippen molar-refractivity contribution in [2.45, 2.75) is 6.36 Å². The van der Waals surface area contributed by atoms with Crippen molar-refractivity contribution < 1.29 is 17.9 Å². The number of fused-ring (bicyclic) bond motifs is 1. The zero-order valence-electron chi connectivity index (χ0n) is 12.1. The van der Waals surface area contributed by atoms with Gasteiger partial charge in [0, 0.05) is 32.2 Å². The molecule has 1 aromatic carbocycles. The Kier molecular flexibility index (Phi) is 4.33. The van der Waals surface area contributed by atoms with Gasteiger partial charge in [-0.15, -0.1) is 19.6 Å². The molecule has 2 heterocycles. The first-order valence-corrected chi connectivity index (χ1v) is 7.83. The monoisotopic (exact) mass is 341 g/mol. The number of halogens is 3. The number of ether oxygens (including phenoxy) is 1. The van der Waals surface area contributed by atoms with E-state index in [4.69, 9.17) is 6.42 Å². The zero-order valence-corrected chi connectivity index (χ0v) is 13.0. The van der Waals surface area contributed by atoms with Crippen LogP contribution in [-0.2, 0) is 0 Å². The van der Waals surface area contributed by atoms with Crippen LogP contribution in [0.1, 0.15) is 0 Å². The second kappa shape index (κ2) is 6.26. The third-order valence-corrected chi connectivity index (χ3v) is 4.62. The molecule has 122 valence electrons. The van der Waals surface area contributed by atoms with Crippen LogP contribution in [-0.4, -0.2) is 49.0 Å². The number of benzene rings is 1. The molecule has 3 rings (SSSR count). The Bertz CT molecular complexity index is 730. The molecule has 2 aromatic rings. The number of hydrogen-bond acceptors (Lipinski definition) is 5. The van der Waals surface area contributed by atoms with Crippen molar-refractivity contribution in [2.75, 3.05) is 37.6 Å². The number of thiazole rings is 1. The van der Waals surface area contributed by atoms with Gasteiger partial charge >= 0.3 is 6.36 Å². The molecule has 23 heavy (non-hydrogen) atoms. The number of anilines is 1. The minimum atomic E-state index is -4.69. The van der Waals surface area contributed by atoms with E-state index >= 15 is 0 Å². The number of rotatable bonds is 3. The van der Waals surface area contributed by atoms with Gasteiger partial charge in [0.25, 0.3) is 0 Å². The van der Waals surface area contributed by atoms with Crippen LogP contribution in [0.2, 0.25) is 0 Å². The van der Waals surface area contributed by atoms with E-state index in [-0.39, 0.29) is 5.75 Å². The maximum atomic E-state index is 12.3. The van der Waals surface area contributed by atoms with E-state index in [9.17, 15) is 13.2 Å². The summed E-state index contributed by atoms with van der Waals surface area (Å²) in [6.07, 6.45) is 0.621. The van der Waals surface area contributed by atoms with Gasteiger partial charge in [-0.25, -0.2) is 4.98 Å². The summed E-state index contributed by atoms with van der Waals surface area (Å²) >= 11 is 1.37. The Hall–Kier alpha value is -1.98. The number of aromatic nitrogens is 1. The SMILES string of the molecule is C#CCN1CCN(c2nc3ccc(OC(F)(F)F)cc3s2)CC1. The van der Waals surface area contributed by atoms with E-state index in [2.05, 4.69) is 25.4 Å². The molecule has 0 aliphatic carbocycles. The molecular weight excluding hydrogens is 327 g/mol. The topological polar surface area (TPSA) is 28.6 Å². The molecular formula is C15H14F3N3OS. The standard InChI is InChI=1S/C15H14F3N3OS/c1-2-5-20-6-8-21(9-7-20)14-19-12-4-3-11(10-13(12)23-14)22-15(16,17)18/h1,3-4,10H,5-9H2. The summed E-state index contributed by atoms with van der Waals surface area (Å²) in [5, 5.41) is 0.810. The van der Waals surface area contributed by atoms with Crippen molar-refractivity contribution in [3.05, 3.63) is 18.2 Å². The number of terminal acetylenes is 1. The second-order valence-electron chi connectivity index (χ2n) is 5.14. The third-order valence-electron chi connectivity index (χ3n) is 3.54. The van der Waals surface area contributed by atoms with Crippen molar-refractivity contribution >= 4 is 26.7 Å². The summed E-state index contributed by atoms with van der Waals surface area (Å²) in [6, 6.07) is 4.20. The molecule has 0 bridgehead atoms. The fraction of sp³-hybridized carbons (Fsp3) is 0.400. The molecule has 0 radical (unpaired) electrons. The van der Waals surface area contributed by atoms with E-state index in [1.54, 1.807) is 6.07 Å². The van der Waals surface area contributed by atoms with Crippen LogP contribution in [0.15, 0.2) is 18.2 Å². The van der Waals surface area contributed by atoms with Crippen LogP contribution < -0.4 is 9.64 Å². The normalized spacial score (nSPS) is 16.5. The smallest absolute Gasteiger partial charge is 0.406 e. The minimum Gasteiger partial charge on any atom is -0.406 e. The maximum Gasteiger partial charge on any atom is 0.573 e. The van der Waals surface area contributed by atoms with Gasteiger partial charge in [0.1, 0.15) is 5.75 Å². The first-order valence-electron chi connectivity index (χ1n) is 7.02. The fourth-order valence-corrected chi connectivity index (χ4v) is 3.50. The molecule has 1 aromatic heterocycles. The molecule has 0 atom stereocenters. The minimum absolute atomic E-state index is 0.223. The summed E-state index contributed by atoms with van der Waals surface area (Å²) < 4.78 is 41.4. The average molecular weight is 341 g/mol. The Labute approximate surface area is 135 Å². The van der Waals surface area contributed by atoms with Gasteiger partial charge in [-0.3, -0.25) is 4.90 Å². The van der Waals surface area contributed by atoms with Crippen molar-refractivity contribution in [1.29, 1.82) is 0 Å². The van der Waals surface area contributed by atoms with Crippen molar-refractivity contribution in [2.24, 2.45) is 0 Å². The second-order valence-corrected chi connectivity index (χ2v) is 6.15. The average Bonchev–Trinajstić information content (AvgIpc) is 2.90. The molecule has 1 fully saturated rings. The summed E-state index contributed by atoms with van der Waals surface area (Å²) in [4.78, 5) is 8.80. The van der Waals surface area contributed by atoms with Crippen LogP contribution in [0.5, 0.6) is 5.75 Å². The van der Waals surface area contributed by atoms with Gasteiger partial charge in [0.05, 0.1) is 16.8 Å². The van der Waals surface area contributed by atoms with Crippen LogP contribution >= 0.6 is 11.3 Å². The van der Waals surface area contributed by atoms with Crippen LogP contribution in [0.4, 0.5) is 18.3 Å². The molecule has 0 saturated carbocycles. The molecule has 1 saturated heterocycles. The predicted octanol–water partition coefficient (Wildman–Crippen LogP) is 2.95. The molecule has 0 spiro atoms. The van der Waals surface area contributed by atoms with Gasteiger partial charge in [-0.1, -0.05) is 17.3 Å². The lowest BCUT2D eigenvalue weighted by atomic mass is 10.3. The molecule has 0 amide bonds. The Morgan fingerprint density at radius 3 is 2.65 bits per heavy atom. The highest BCUT2D eigenvalue weighted by atomic mass is 32.1. The van der Waals surface area contributed by atoms with Crippen LogP contribution in [0, 0.1) is 12.3 Å². The Morgan fingerprint density at radius 2 is 2.00 bits per heavy atom. The Balaban J connectivity index is 1.75. The van der Waals surface area contributed by atoms with E-state index < -0.39 is 6.36 Å². The first kappa shape index (κ1) is 15.9. The number of hydrogen-bond donors (Lipinski definition) is 0. The lowest BCUT2D eigenvalue weighted by Crippen LogP contribution is -2.46. The van der Waals surface area contributed by atoms with Crippen molar-refractivity contribution in [3.63, 3.8) is 0 Å². The molecule has 4 nitrogen and oxygen atoms in total. The zero-order chi connectivity index (χ0) is 16.4. The highest BCUT2D eigenvalue weighted by molar-refractivity contribution is 7.22. The third kappa shape index (κ3) is 3.86. The quantitative estimate of drug-likeness (QED) is 0.803. The van der Waals surface area contributed by atoms with Crippen LogP contribution in [0.3, 0.4) is 0 Å². The lowest BCUT2D eigenvalue weighted by Gasteiger charge is -2.33. The maximum absolute atomic E-state index is 12.3. The van der Waals surface area contributed by atoms with Crippen molar-refractivity contribution in [1.82, 2.24) is 9.88 Å². The summed E-state index contributed by atoms with van der Waals surface area (Å²) in [5.41, 5.74) is 0.672. The number of alkyl halides is 3. The van der Waals surface area contributed by atoms with E-state index in [1.165, 1.54) is 23.5 Å². The number of piperazine rings is 1. The molecule has 8 heteroatoms. The van der Waals surface area contributed by atoms with Crippen LogP contribution in [0.25, 0.3) is 10.2 Å². The highest BCUT2D eigenvalue weighted by Crippen LogP contribution is 2.33. The molecule has 0 unspecified atom stereocenters. The summed E-state index contributed by atoms with van der Waals surface area (Å²) in [7, 11) is 0. The predicted molar refractivity (Wildman–Crippen MR) is 83.8 cm³/mol. The van der Waals surface area contributed by atoms with Gasteiger partial charge in [0.15, 0.2) is 5.13 Å². The first-order chi connectivity index (χ1) is 10.9. The van der Waals surface area contributed by atoms with Gasteiger partial charge in [-0.2, -0.15) is 0 Å². The van der Waals surface area contributed by atoms with E-state index in [1.807, 2.05) is 0 Å². The Morgan fingerprint density at radius 1 is 1.26 bits per heavy atom. The van der Waals surface area contributed by atoms with Gasteiger partial charge in [-0.05, 0) is 12.1 Å². The van der Waals surface area contributed by atoms with E-state index in [0.717, 1.165) is 31.3 Å². The molecule has 1 aliphatic heterocycles. The lowest BCUT2D eigenvalue weighted by molar-refractivity contribution is -0.274. The fourth-order valence-electron chi connectivity index (χ4n) is 2.45. The highest BCUT2D eigenvalue weighted by Gasteiger charge is 2.31. The molecule has 1 aliphatic rings. The van der Waals surface area contributed by atoms with Gasteiger partial charge in [0.2, 0.25) is 0 Å². The summed E-state index contributed by atoms with van der Waals surface area (Å²) in [6.45, 7) is 3.93. The largest absolute Gasteiger partial charge is 0.573 e. The van der Waals surface area contributed by atoms with E-state index in [0.29, 0.717) is 16.8 Å². The summed E-state index contributed by atoms with van der Waals surface area (Å²) in [5.74, 6) is 2.40. The number of nitrogens with zero attached hydrogens (tertiary/aromatic N) is 3.